The Morgan fingerprint density at radius 2 is 2.00 bits per heavy atom. The fourth-order valence-corrected chi connectivity index (χ4v) is 2.59. The predicted octanol–water partition coefficient (Wildman–Crippen LogP) is 4.31. The Bertz CT molecular complexity index is 481. The van der Waals surface area contributed by atoms with Gasteiger partial charge in [0.25, 0.3) is 6.43 Å². The van der Waals surface area contributed by atoms with Gasteiger partial charge in [0.15, 0.2) is 5.06 Å². The molecule has 0 saturated carbocycles. The van der Waals surface area contributed by atoms with Crippen LogP contribution in [0.5, 0.6) is 5.06 Å². The van der Waals surface area contributed by atoms with Gasteiger partial charge in [0, 0.05) is 14.7 Å². The van der Waals surface area contributed by atoms with Crippen LogP contribution in [0.25, 0.3) is 10.1 Å². The first-order valence-electron chi connectivity index (χ1n) is 3.78. The van der Waals surface area contributed by atoms with E-state index < -0.39 is 6.43 Å². The van der Waals surface area contributed by atoms with E-state index in [1.165, 1.54) is 6.07 Å². The van der Waals surface area contributed by atoms with Gasteiger partial charge < -0.3 is 5.11 Å². The smallest absolute Gasteiger partial charge is 0.264 e. The Morgan fingerprint density at radius 1 is 1.29 bits per heavy atom. The summed E-state index contributed by atoms with van der Waals surface area (Å²) in [5, 5.41) is 10.1. The van der Waals surface area contributed by atoms with Gasteiger partial charge in [-0.25, -0.2) is 8.78 Å². The number of benzene rings is 1. The Hall–Kier alpha value is -0.680. The van der Waals surface area contributed by atoms with E-state index in [2.05, 4.69) is 15.9 Å². The minimum absolute atomic E-state index is 0.0423. The molecular formula is C9H5BrF2OS. The highest BCUT2D eigenvalue weighted by molar-refractivity contribution is 9.10. The van der Waals surface area contributed by atoms with Gasteiger partial charge in [-0.3, -0.25) is 0 Å². The van der Waals surface area contributed by atoms with Crippen molar-refractivity contribution in [3.8, 4) is 5.06 Å². The van der Waals surface area contributed by atoms with E-state index in [0.29, 0.717) is 9.17 Å². The highest BCUT2D eigenvalue weighted by Crippen LogP contribution is 2.37. The predicted molar refractivity (Wildman–Crippen MR) is 56.1 cm³/mol. The highest BCUT2D eigenvalue weighted by Gasteiger charge is 2.13. The Labute approximate surface area is 91.1 Å². The number of halogens is 3. The molecule has 0 fully saturated rings. The van der Waals surface area contributed by atoms with Gasteiger partial charge in [-0.15, -0.1) is 0 Å². The van der Waals surface area contributed by atoms with Gasteiger partial charge in [0.2, 0.25) is 0 Å². The first kappa shape index (κ1) is 9.86. The molecule has 0 bridgehead atoms. The van der Waals surface area contributed by atoms with E-state index in [9.17, 15) is 13.9 Å². The molecule has 2 aromatic rings. The van der Waals surface area contributed by atoms with Crippen molar-refractivity contribution in [2.75, 3.05) is 0 Å². The number of aromatic hydroxyl groups is 1. The summed E-state index contributed by atoms with van der Waals surface area (Å²) in [7, 11) is 0. The molecule has 0 unspecified atom stereocenters. The molecule has 1 nitrogen and oxygen atoms in total. The van der Waals surface area contributed by atoms with Gasteiger partial charge in [-0.2, -0.15) is 0 Å². The summed E-state index contributed by atoms with van der Waals surface area (Å²) in [6.07, 6.45) is -2.50. The maximum atomic E-state index is 12.5. The number of hydrogen-bond donors (Lipinski definition) is 1. The second-order valence-corrected chi connectivity index (χ2v) is 4.71. The highest BCUT2D eigenvalue weighted by atomic mass is 79.9. The van der Waals surface area contributed by atoms with Crippen molar-refractivity contribution in [3.63, 3.8) is 0 Å². The molecule has 14 heavy (non-hydrogen) atoms. The Balaban J connectivity index is 2.70. The lowest BCUT2D eigenvalue weighted by Crippen LogP contribution is -1.84. The molecule has 0 aliphatic heterocycles. The number of rotatable bonds is 1. The molecule has 1 aromatic heterocycles. The zero-order valence-electron chi connectivity index (χ0n) is 6.80. The second kappa shape index (κ2) is 3.47. The SMILES string of the molecule is Oc1cc2cc(Br)c(C(F)F)cc2s1. The van der Waals surface area contributed by atoms with E-state index in [1.807, 2.05) is 0 Å². The van der Waals surface area contributed by atoms with Crippen molar-refractivity contribution in [2.45, 2.75) is 6.43 Å². The molecular weight excluding hydrogens is 274 g/mol. The van der Waals surface area contributed by atoms with Crippen molar-refractivity contribution < 1.29 is 13.9 Å². The fraction of sp³-hybridized carbons (Fsp3) is 0.111. The molecule has 0 aliphatic carbocycles. The van der Waals surface area contributed by atoms with Crippen LogP contribution < -0.4 is 0 Å². The average Bonchev–Trinajstić information content (AvgIpc) is 2.42. The van der Waals surface area contributed by atoms with Crippen molar-refractivity contribution in [1.29, 1.82) is 0 Å². The van der Waals surface area contributed by atoms with Crippen molar-refractivity contribution in [2.24, 2.45) is 0 Å². The van der Waals surface area contributed by atoms with Gasteiger partial charge in [-0.05, 0) is 23.6 Å². The zero-order valence-corrected chi connectivity index (χ0v) is 9.20. The summed E-state index contributed by atoms with van der Waals surface area (Å²) < 4.78 is 26.0. The molecule has 0 saturated heterocycles. The van der Waals surface area contributed by atoms with E-state index >= 15 is 0 Å². The molecule has 0 amide bonds. The first-order chi connectivity index (χ1) is 6.58. The molecule has 74 valence electrons. The Morgan fingerprint density at radius 3 is 2.64 bits per heavy atom. The van der Waals surface area contributed by atoms with Crippen LogP contribution in [0.2, 0.25) is 0 Å². The molecule has 5 heteroatoms. The summed E-state index contributed by atoms with van der Waals surface area (Å²) in [4.78, 5) is 0. The minimum Gasteiger partial charge on any atom is -0.499 e. The standard InChI is InChI=1S/C9H5BrF2OS/c10-6-1-4-2-8(13)14-7(4)3-5(6)9(11)12/h1-3,9,13H. The molecule has 0 atom stereocenters. The molecule has 1 heterocycles. The van der Waals surface area contributed by atoms with E-state index in [4.69, 9.17) is 0 Å². The van der Waals surface area contributed by atoms with E-state index in [-0.39, 0.29) is 10.6 Å². The Kier molecular flexibility index (Phi) is 2.45. The number of alkyl halides is 2. The van der Waals surface area contributed by atoms with Crippen LogP contribution in [-0.2, 0) is 0 Å². The van der Waals surface area contributed by atoms with Crippen LogP contribution >= 0.6 is 27.3 Å². The van der Waals surface area contributed by atoms with Crippen LogP contribution in [-0.4, -0.2) is 5.11 Å². The lowest BCUT2D eigenvalue weighted by Gasteiger charge is -2.02. The van der Waals surface area contributed by atoms with Crippen molar-refractivity contribution >= 4 is 37.4 Å². The van der Waals surface area contributed by atoms with Crippen LogP contribution in [0.15, 0.2) is 22.7 Å². The lowest BCUT2D eigenvalue weighted by atomic mass is 10.2. The normalized spacial score (nSPS) is 11.4. The molecule has 1 aromatic carbocycles. The van der Waals surface area contributed by atoms with Gasteiger partial charge in [0.05, 0.1) is 0 Å². The van der Waals surface area contributed by atoms with Gasteiger partial charge in [-0.1, -0.05) is 27.3 Å². The summed E-state index contributed by atoms with van der Waals surface area (Å²) >= 11 is 4.16. The van der Waals surface area contributed by atoms with Crippen LogP contribution in [0.4, 0.5) is 8.78 Å². The second-order valence-electron chi connectivity index (χ2n) is 2.80. The largest absolute Gasteiger partial charge is 0.499 e. The molecule has 0 aliphatic rings. The molecule has 0 spiro atoms. The molecule has 0 radical (unpaired) electrons. The van der Waals surface area contributed by atoms with Crippen molar-refractivity contribution in [1.82, 2.24) is 0 Å². The summed E-state index contributed by atoms with van der Waals surface area (Å²) in [5.74, 6) is 0. The molecule has 1 N–H and O–H groups in total. The number of fused-ring (bicyclic) bond motifs is 1. The third kappa shape index (κ3) is 1.62. The van der Waals surface area contributed by atoms with Crippen LogP contribution in [0.3, 0.4) is 0 Å². The fourth-order valence-electron chi connectivity index (χ4n) is 1.23. The first-order valence-corrected chi connectivity index (χ1v) is 5.39. The van der Waals surface area contributed by atoms with Crippen LogP contribution in [0.1, 0.15) is 12.0 Å². The topological polar surface area (TPSA) is 20.2 Å². The third-order valence-electron chi connectivity index (χ3n) is 1.86. The van der Waals surface area contributed by atoms with Crippen LogP contribution in [0, 0.1) is 0 Å². The minimum atomic E-state index is -2.50. The third-order valence-corrected chi connectivity index (χ3v) is 3.44. The van der Waals surface area contributed by atoms with Gasteiger partial charge in [0.1, 0.15) is 0 Å². The summed E-state index contributed by atoms with van der Waals surface area (Å²) in [6.45, 7) is 0. The molecule has 2 rings (SSSR count). The van der Waals surface area contributed by atoms with Crippen molar-refractivity contribution in [3.05, 3.63) is 28.2 Å². The summed E-state index contributed by atoms with van der Waals surface area (Å²) in [5.41, 5.74) is -0.0423. The summed E-state index contributed by atoms with van der Waals surface area (Å²) in [6, 6.07) is 4.54. The van der Waals surface area contributed by atoms with Gasteiger partial charge >= 0.3 is 0 Å². The monoisotopic (exact) mass is 278 g/mol. The van der Waals surface area contributed by atoms with E-state index in [0.717, 1.165) is 16.7 Å². The number of hydrogen-bond acceptors (Lipinski definition) is 2. The quantitative estimate of drug-likeness (QED) is 0.824. The lowest BCUT2D eigenvalue weighted by molar-refractivity contribution is 0.150. The maximum absolute atomic E-state index is 12.5. The van der Waals surface area contributed by atoms with E-state index in [1.54, 1.807) is 12.1 Å². The maximum Gasteiger partial charge on any atom is 0.264 e. The number of thiophene rings is 1. The zero-order chi connectivity index (χ0) is 10.3. The average molecular weight is 279 g/mol.